The minimum Gasteiger partial charge on any atom is -0.481 e. The largest absolute Gasteiger partial charge is 0.481 e. The van der Waals surface area contributed by atoms with Crippen LogP contribution >= 0.6 is 0 Å². The van der Waals surface area contributed by atoms with Crippen molar-refractivity contribution in [1.29, 1.82) is 0 Å². The summed E-state index contributed by atoms with van der Waals surface area (Å²) >= 11 is 0. The standard InChI is InChI=1S/C23H30O5/c1-21-6-3-14-18(13(21)4-7-23(21,27)8-5-17(25)26)12-9-11(12)15-10-16(24)19-20(28-19)22(14,15)2/h10-14,18-20,27H,3-9H2,1-2H3,(H,25,26)/t11-,12+,13+,14+,18+,19?,20?,21+,22-,23-/m1/s1. The number of aliphatic carboxylic acids is 1. The molecule has 2 N–H and O–H groups in total. The van der Waals surface area contributed by atoms with Crippen LogP contribution < -0.4 is 0 Å². The third kappa shape index (κ3) is 1.91. The summed E-state index contributed by atoms with van der Waals surface area (Å²) in [7, 11) is 0. The maximum absolute atomic E-state index is 12.3. The molecule has 0 bridgehead atoms. The van der Waals surface area contributed by atoms with Crippen LogP contribution in [0, 0.1) is 40.4 Å². The lowest BCUT2D eigenvalue weighted by Gasteiger charge is -2.58. The van der Waals surface area contributed by atoms with E-state index in [0.717, 1.165) is 25.7 Å². The van der Waals surface area contributed by atoms with Gasteiger partial charge in [-0.2, -0.15) is 0 Å². The first kappa shape index (κ1) is 17.6. The number of aliphatic hydroxyl groups is 1. The van der Waals surface area contributed by atoms with E-state index in [1.54, 1.807) is 0 Å². The molecule has 0 amide bonds. The molecule has 0 aromatic heterocycles. The summed E-state index contributed by atoms with van der Waals surface area (Å²) in [6.07, 6.45) is 7.08. The van der Waals surface area contributed by atoms with Crippen molar-refractivity contribution in [2.75, 3.05) is 0 Å². The third-order valence-corrected chi connectivity index (χ3v) is 10.2. The van der Waals surface area contributed by atoms with Crippen LogP contribution in [0.1, 0.15) is 58.8 Å². The van der Waals surface area contributed by atoms with Crippen LogP contribution in [0.15, 0.2) is 11.6 Å². The Morgan fingerprint density at radius 1 is 1.25 bits per heavy atom. The van der Waals surface area contributed by atoms with Gasteiger partial charge in [0, 0.05) is 11.8 Å². The van der Waals surface area contributed by atoms with Gasteiger partial charge < -0.3 is 14.9 Å². The molecule has 0 radical (unpaired) electrons. The van der Waals surface area contributed by atoms with Crippen LogP contribution in [0.25, 0.3) is 0 Å². The zero-order valence-corrected chi connectivity index (χ0v) is 16.7. The van der Waals surface area contributed by atoms with Crippen molar-refractivity contribution in [3.8, 4) is 0 Å². The van der Waals surface area contributed by atoms with Crippen LogP contribution in [0.2, 0.25) is 0 Å². The summed E-state index contributed by atoms with van der Waals surface area (Å²) < 4.78 is 5.90. The number of ether oxygens (including phenoxy) is 1. The van der Waals surface area contributed by atoms with E-state index in [0.29, 0.717) is 36.0 Å². The number of ketones is 1. The molecule has 6 rings (SSSR count). The quantitative estimate of drug-likeness (QED) is 0.728. The molecule has 5 aliphatic carbocycles. The Morgan fingerprint density at radius 2 is 2.00 bits per heavy atom. The minimum atomic E-state index is -0.858. The van der Waals surface area contributed by atoms with Crippen molar-refractivity contribution in [2.45, 2.75) is 76.6 Å². The molecule has 5 heteroatoms. The molecule has 2 unspecified atom stereocenters. The van der Waals surface area contributed by atoms with Gasteiger partial charge in [0.1, 0.15) is 12.2 Å². The maximum atomic E-state index is 12.3. The fourth-order valence-corrected chi connectivity index (χ4v) is 8.60. The molecule has 4 saturated carbocycles. The van der Waals surface area contributed by atoms with Crippen molar-refractivity contribution in [1.82, 2.24) is 0 Å². The van der Waals surface area contributed by atoms with Crippen LogP contribution in [0.5, 0.6) is 0 Å². The number of carbonyl (C=O) groups excluding carboxylic acids is 1. The Bertz CT molecular complexity index is 818. The predicted molar refractivity (Wildman–Crippen MR) is 100 cm³/mol. The van der Waals surface area contributed by atoms with E-state index in [4.69, 9.17) is 9.84 Å². The topological polar surface area (TPSA) is 87.1 Å². The first-order chi connectivity index (χ1) is 13.2. The van der Waals surface area contributed by atoms with E-state index in [9.17, 15) is 14.7 Å². The molecule has 10 atom stereocenters. The second-order valence-electron chi connectivity index (χ2n) is 11.0. The molecule has 28 heavy (non-hydrogen) atoms. The van der Waals surface area contributed by atoms with Gasteiger partial charge in [-0.25, -0.2) is 0 Å². The summed E-state index contributed by atoms with van der Waals surface area (Å²) in [6.45, 7) is 4.57. The van der Waals surface area contributed by atoms with Gasteiger partial charge in [0.05, 0.1) is 5.60 Å². The molecular weight excluding hydrogens is 356 g/mol. The Morgan fingerprint density at radius 3 is 2.75 bits per heavy atom. The first-order valence-electron chi connectivity index (χ1n) is 11.1. The zero-order chi connectivity index (χ0) is 19.6. The van der Waals surface area contributed by atoms with Gasteiger partial charge in [-0.1, -0.05) is 19.4 Å². The van der Waals surface area contributed by atoms with Gasteiger partial charge >= 0.3 is 5.97 Å². The molecule has 5 fully saturated rings. The molecule has 0 aromatic rings. The van der Waals surface area contributed by atoms with E-state index in [-0.39, 0.29) is 35.2 Å². The van der Waals surface area contributed by atoms with E-state index < -0.39 is 11.6 Å². The van der Waals surface area contributed by atoms with Crippen LogP contribution in [-0.2, 0) is 14.3 Å². The van der Waals surface area contributed by atoms with Gasteiger partial charge in [-0.05, 0) is 79.6 Å². The van der Waals surface area contributed by atoms with Crippen LogP contribution in [0.4, 0.5) is 0 Å². The number of fused-ring (bicyclic) bond motifs is 10. The zero-order valence-electron chi connectivity index (χ0n) is 16.7. The van der Waals surface area contributed by atoms with Crippen molar-refractivity contribution in [2.24, 2.45) is 40.4 Å². The SMILES string of the molecule is C[C@]12CC[C@H]3[C@@H]([C@H]4C[C@H]4C4=CC(=O)C5OC5[C@@]43C)[C@@H]1CC[C@@]2(O)CCC(=O)O. The maximum Gasteiger partial charge on any atom is 0.303 e. The lowest BCUT2D eigenvalue weighted by Crippen LogP contribution is -2.57. The highest BCUT2D eigenvalue weighted by Gasteiger charge is 2.74. The van der Waals surface area contributed by atoms with E-state index >= 15 is 0 Å². The molecule has 1 aliphatic heterocycles. The monoisotopic (exact) mass is 386 g/mol. The van der Waals surface area contributed by atoms with Gasteiger partial charge in [0.15, 0.2) is 5.78 Å². The molecular formula is C23H30O5. The van der Waals surface area contributed by atoms with Crippen molar-refractivity contribution in [3.05, 3.63) is 11.6 Å². The second kappa shape index (κ2) is 5.10. The molecule has 1 heterocycles. The average Bonchev–Trinajstić information content (AvgIpc) is 3.53. The Kier molecular flexibility index (Phi) is 3.21. The van der Waals surface area contributed by atoms with Gasteiger partial charge in [-0.3, -0.25) is 9.59 Å². The summed E-state index contributed by atoms with van der Waals surface area (Å²) in [6, 6.07) is 0. The fourth-order valence-electron chi connectivity index (χ4n) is 8.60. The molecule has 0 aromatic carbocycles. The van der Waals surface area contributed by atoms with E-state index in [1.165, 1.54) is 12.0 Å². The highest BCUT2D eigenvalue weighted by Crippen LogP contribution is 2.76. The third-order valence-electron chi connectivity index (χ3n) is 10.2. The van der Waals surface area contributed by atoms with Gasteiger partial charge in [-0.15, -0.1) is 0 Å². The lowest BCUT2D eigenvalue weighted by atomic mass is 9.46. The number of rotatable bonds is 3. The van der Waals surface area contributed by atoms with Gasteiger partial charge in [0.25, 0.3) is 0 Å². The van der Waals surface area contributed by atoms with Crippen molar-refractivity contribution in [3.63, 3.8) is 0 Å². The smallest absolute Gasteiger partial charge is 0.303 e. The van der Waals surface area contributed by atoms with Gasteiger partial charge in [0.2, 0.25) is 0 Å². The number of hydrogen-bond acceptors (Lipinski definition) is 4. The van der Waals surface area contributed by atoms with E-state index in [2.05, 4.69) is 13.8 Å². The number of carboxylic acids is 1. The second-order valence-corrected chi connectivity index (χ2v) is 11.0. The van der Waals surface area contributed by atoms with Crippen molar-refractivity contribution >= 4 is 11.8 Å². The fraction of sp³-hybridized carbons (Fsp3) is 0.826. The molecule has 0 spiro atoms. The molecule has 5 nitrogen and oxygen atoms in total. The average molecular weight is 386 g/mol. The summed E-state index contributed by atoms with van der Waals surface area (Å²) in [5.41, 5.74) is 0.293. The number of carbonyl (C=O) groups is 2. The highest BCUT2D eigenvalue weighted by atomic mass is 16.6. The summed E-state index contributed by atoms with van der Waals surface area (Å²) in [4.78, 5) is 23.5. The molecule has 152 valence electrons. The molecule has 1 saturated heterocycles. The summed E-state index contributed by atoms with van der Waals surface area (Å²) in [5.74, 6) is 2.06. The van der Waals surface area contributed by atoms with Crippen molar-refractivity contribution < 1.29 is 24.5 Å². The molecule has 6 aliphatic rings. The lowest BCUT2D eigenvalue weighted by molar-refractivity contribution is -0.148. The summed E-state index contributed by atoms with van der Waals surface area (Å²) in [5, 5.41) is 20.7. The number of carboxylic acid groups (broad SMARTS) is 1. The Hall–Kier alpha value is -1.20. The predicted octanol–water partition coefficient (Wildman–Crippen LogP) is 2.96. The number of epoxide rings is 1. The van der Waals surface area contributed by atoms with Crippen LogP contribution in [-0.4, -0.2) is 39.8 Å². The Balaban J connectivity index is 1.36. The Labute approximate surface area is 165 Å². The van der Waals surface area contributed by atoms with E-state index in [1.807, 2.05) is 6.08 Å². The first-order valence-corrected chi connectivity index (χ1v) is 11.1. The number of hydrogen-bond donors (Lipinski definition) is 2. The minimum absolute atomic E-state index is 0.0238. The highest BCUT2D eigenvalue weighted by molar-refractivity contribution is 5.98. The normalized spacial score (nSPS) is 57.9. The van der Waals surface area contributed by atoms with Crippen LogP contribution in [0.3, 0.4) is 0 Å².